The molecule has 5 nitrogen and oxygen atoms in total. The summed E-state index contributed by atoms with van der Waals surface area (Å²) in [5.41, 5.74) is 3.54. The van der Waals surface area contributed by atoms with E-state index in [1.807, 2.05) is 42.2 Å². The molecule has 1 amide bonds. The summed E-state index contributed by atoms with van der Waals surface area (Å²) < 4.78 is 12.2. The van der Waals surface area contributed by atoms with Crippen LogP contribution in [0.1, 0.15) is 56.7 Å². The second kappa shape index (κ2) is 5.74. The number of anilines is 2. The third-order valence-corrected chi connectivity index (χ3v) is 6.25. The minimum Gasteiger partial charge on any atom is -0.494 e. The second-order valence-electron chi connectivity index (χ2n) is 8.65. The summed E-state index contributed by atoms with van der Waals surface area (Å²) in [5.74, 6) is 1.09. The number of carbonyl (C=O) groups excluding carboxylic acids is 1. The average Bonchev–Trinajstić information content (AvgIpc) is 2.89. The number of hydrogen-bond donors (Lipinski definition) is 1. The SMILES string of the molecule is CCOc1cc2c3c(c1)[C@]1(Nc4ccccc4CO1)C(=O)N3C(C)(C)C[C@H]2C. The van der Waals surface area contributed by atoms with Crippen LogP contribution in [0.4, 0.5) is 11.4 Å². The van der Waals surface area contributed by atoms with Gasteiger partial charge in [-0.05, 0) is 56.9 Å². The summed E-state index contributed by atoms with van der Waals surface area (Å²) in [4.78, 5) is 15.8. The molecule has 28 heavy (non-hydrogen) atoms. The highest BCUT2D eigenvalue weighted by Gasteiger charge is 2.60. The van der Waals surface area contributed by atoms with Crippen LogP contribution in [0.5, 0.6) is 5.75 Å². The lowest BCUT2D eigenvalue weighted by Gasteiger charge is -2.44. The van der Waals surface area contributed by atoms with Crippen molar-refractivity contribution in [2.45, 2.75) is 57.9 Å². The minimum absolute atomic E-state index is 0.0381. The molecule has 0 aromatic heterocycles. The van der Waals surface area contributed by atoms with Gasteiger partial charge in [0.15, 0.2) is 0 Å². The summed E-state index contributed by atoms with van der Waals surface area (Å²) in [7, 11) is 0. The number of carbonyl (C=O) groups is 1. The maximum atomic E-state index is 13.9. The molecule has 2 aromatic rings. The van der Waals surface area contributed by atoms with E-state index in [-0.39, 0.29) is 11.4 Å². The molecule has 3 aliphatic rings. The lowest BCUT2D eigenvalue weighted by Crippen LogP contribution is -2.56. The highest BCUT2D eigenvalue weighted by molar-refractivity contribution is 6.11. The fraction of sp³-hybridized carbons (Fsp3) is 0.435. The van der Waals surface area contributed by atoms with Gasteiger partial charge in [0.05, 0.1) is 18.9 Å². The molecule has 0 bridgehead atoms. The van der Waals surface area contributed by atoms with Gasteiger partial charge >= 0.3 is 0 Å². The van der Waals surface area contributed by atoms with Crippen LogP contribution in [0, 0.1) is 0 Å². The van der Waals surface area contributed by atoms with E-state index in [9.17, 15) is 4.79 Å². The third kappa shape index (κ3) is 2.20. The molecule has 0 unspecified atom stereocenters. The zero-order valence-electron chi connectivity index (χ0n) is 16.8. The topological polar surface area (TPSA) is 50.8 Å². The molecular weight excluding hydrogens is 352 g/mol. The summed E-state index contributed by atoms with van der Waals surface area (Å²) >= 11 is 0. The van der Waals surface area contributed by atoms with Crippen LogP contribution in [0.25, 0.3) is 0 Å². The van der Waals surface area contributed by atoms with Crippen molar-refractivity contribution in [3.63, 3.8) is 0 Å². The lowest BCUT2D eigenvalue weighted by atomic mass is 9.80. The van der Waals surface area contributed by atoms with Crippen LogP contribution < -0.4 is 15.0 Å². The van der Waals surface area contributed by atoms with E-state index in [0.717, 1.165) is 40.2 Å². The molecule has 0 radical (unpaired) electrons. The monoisotopic (exact) mass is 378 g/mol. The van der Waals surface area contributed by atoms with Crippen molar-refractivity contribution in [1.29, 1.82) is 0 Å². The highest BCUT2D eigenvalue weighted by Crippen LogP contribution is 2.56. The largest absolute Gasteiger partial charge is 0.494 e. The Kier molecular flexibility index (Phi) is 3.60. The first-order valence-corrected chi connectivity index (χ1v) is 10.0. The molecule has 3 heterocycles. The summed E-state index contributed by atoms with van der Waals surface area (Å²) in [6.45, 7) is 9.46. The van der Waals surface area contributed by atoms with Crippen LogP contribution in [0.2, 0.25) is 0 Å². The Bertz CT molecular complexity index is 984. The predicted molar refractivity (Wildman–Crippen MR) is 109 cm³/mol. The van der Waals surface area contributed by atoms with Crippen molar-refractivity contribution in [3.8, 4) is 5.75 Å². The number of rotatable bonds is 2. The van der Waals surface area contributed by atoms with Gasteiger partial charge in [-0.3, -0.25) is 4.79 Å². The van der Waals surface area contributed by atoms with Gasteiger partial charge in [-0.2, -0.15) is 0 Å². The van der Waals surface area contributed by atoms with E-state index < -0.39 is 5.72 Å². The normalized spacial score (nSPS) is 26.6. The van der Waals surface area contributed by atoms with Crippen LogP contribution in [-0.2, 0) is 21.9 Å². The third-order valence-electron chi connectivity index (χ3n) is 6.25. The van der Waals surface area contributed by atoms with Crippen molar-refractivity contribution < 1.29 is 14.3 Å². The van der Waals surface area contributed by atoms with Gasteiger partial charge in [0.1, 0.15) is 5.75 Å². The van der Waals surface area contributed by atoms with E-state index in [1.54, 1.807) is 0 Å². The maximum Gasteiger partial charge on any atom is 0.285 e. The molecule has 146 valence electrons. The van der Waals surface area contributed by atoms with Crippen LogP contribution in [0.15, 0.2) is 36.4 Å². The molecular formula is C23H26N2O3. The van der Waals surface area contributed by atoms with Crippen molar-refractivity contribution in [3.05, 3.63) is 53.1 Å². The van der Waals surface area contributed by atoms with E-state index in [1.165, 1.54) is 0 Å². The number of fused-ring (bicyclic) bond motifs is 2. The zero-order chi connectivity index (χ0) is 19.7. The van der Waals surface area contributed by atoms with Gasteiger partial charge in [-0.15, -0.1) is 0 Å². The van der Waals surface area contributed by atoms with Crippen molar-refractivity contribution in [2.75, 3.05) is 16.8 Å². The van der Waals surface area contributed by atoms with Crippen LogP contribution in [-0.4, -0.2) is 18.1 Å². The van der Waals surface area contributed by atoms with Gasteiger partial charge in [-0.25, -0.2) is 0 Å². The van der Waals surface area contributed by atoms with E-state index >= 15 is 0 Å². The molecule has 3 aliphatic heterocycles. The number of nitrogens with zero attached hydrogens (tertiary/aromatic N) is 1. The number of ether oxygens (including phenoxy) is 2. The molecule has 2 aromatic carbocycles. The van der Waals surface area contributed by atoms with Crippen molar-refractivity contribution in [2.24, 2.45) is 0 Å². The molecule has 5 heteroatoms. The van der Waals surface area contributed by atoms with Crippen LogP contribution in [0.3, 0.4) is 0 Å². The number of nitrogens with one attached hydrogen (secondary N) is 1. The van der Waals surface area contributed by atoms with Gasteiger partial charge in [0, 0.05) is 22.4 Å². The Morgan fingerprint density at radius 2 is 2.07 bits per heavy atom. The van der Waals surface area contributed by atoms with Crippen molar-refractivity contribution >= 4 is 17.3 Å². The van der Waals surface area contributed by atoms with E-state index in [4.69, 9.17) is 9.47 Å². The number of benzene rings is 2. The van der Waals surface area contributed by atoms with Gasteiger partial charge in [0.2, 0.25) is 5.72 Å². The summed E-state index contributed by atoms with van der Waals surface area (Å²) in [6.07, 6.45) is 0.896. The zero-order valence-corrected chi connectivity index (χ0v) is 16.8. The summed E-state index contributed by atoms with van der Waals surface area (Å²) in [6, 6.07) is 12.1. The van der Waals surface area contributed by atoms with Gasteiger partial charge in [0.25, 0.3) is 5.91 Å². The quantitative estimate of drug-likeness (QED) is 0.835. The fourth-order valence-electron chi connectivity index (χ4n) is 5.12. The Hall–Kier alpha value is -2.53. The minimum atomic E-state index is -1.20. The molecule has 0 saturated heterocycles. The molecule has 0 aliphatic carbocycles. The number of hydrogen-bond acceptors (Lipinski definition) is 4. The highest BCUT2D eigenvalue weighted by atomic mass is 16.5. The molecule has 1 N–H and O–H groups in total. The molecule has 2 atom stereocenters. The lowest BCUT2D eigenvalue weighted by molar-refractivity contribution is -0.143. The van der Waals surface area contributed by atoms with Crippen molar-refractivity contribution in [1.82, 2.24) is 0 Å². The molecule has 1 spiro atoms. The first kappa shape index (κ1) is 17.6. The summed E-state index contributed by atoms with van der Waals surface area (Å²) in [5, 5.41) is 3.45. The maximum absolute atomic E-state index is 13.9. The Balaban J connectivity index is 1.75. The first-order chi connectivity index (χ1) is 13.4. The van der Waals surface area contributed by atoms with Gasteiger partial charge in [-0.1, -0.05) is 25.1 Å². The van der Waals surface area contributed by atoms with E-state index in [0.29, 0.717) is 19.1 Å². The standard InChI is InChI=1S/C23H26N2O3/c1-5-27-16-10-17-14(2)12-22(3,4)25-20(17)18(11-16)23(21(25)26)24-19-9-7-6-8-15(19)13-28-23/h6-11,14,24H,5,12-13H2,1-4H3/t14-,23-/m1/s1. The smallest absolute Gasteiger partial charge is 0.285 e. The molecule has 0 saturated carbocycles. The van der Waals surface area contributed by atoms with E-state index in [2.05, 4.69) is 32.2 Å². The Labute approximate surface area is 165 Å². The second-order valence-corrected chi connectivity index (χ2v) is 8.65. The Morgan fingerprint density at radius 1 is 1.29 bits per heavy atom. The number of para-hydroxylation sites is 1. The fourth-order valence-corrected chi connectivity index (χ4v) is 5.12. The van der Waals surface area contributed by atoms with Crippen LogP contribution >= 0.6 is 0 Å². The molecule has 0 fully saturated rings. The first-order valence-electron chi connectivity index (χ1n) is 10.0. The molecule has 5 rings (SSSR count). The van der Waals surface area contributed by atoms with Gasteiger partial charge < -0.3 is 19.7 Å². The Morgan fingerprint density at radius 3 is 2.86 bits per heavy atom. The average molecular weight is 378 g/mol. The number of amides is 1. The predicted octanol–water partition coefficient (Wildman–Crippen LogP) is 4.51.